The van der Waals surface area contributed by atoms with Crippen molar-refractivity contribution in [1.82, 2.24) is 0 Å². The molecule has 1 atom stereocenters. The highest BCUT2D eigenvalue weighted by Crippen LogP contribution is 2.39. The Kier molecular flexibility index (Phi) is 3.22. The lowest BCUT2D eigenvalue weighted by Gasteiger charge is -2.34. The molecule has 1 aliphatic carbocycles. The van der Waals surface area contributed by atoms with Gasteiger partial charge in [-0.1, -0.05) is 19.3 Å². The lowest BCUT2D eigenvalue weighted by Crippen LogP contribution is -2.56. The molecule has 0 aromatic heterocycles. The summed E-state index contributed by atoms with van der Waals surface area (Å²) in [7, 11) is 0. The molecule has 1 rings (SSSR count). The molecule has 0 aromatic rings. The number of aliphatic hydroxyl groups is 1. The van der Waals surface area contributed by atoms with E-state index in [0.717, 1.165) is 0 Å². The van der Waals surface area contributed by atoms with E-state index in [1.807, 2.05) is 0 Å². The van der Waals surface area contributed by atoms with E-state index in [0.29, 0.717) is 19.3 Å². The molecule has 1 N–H and O–H groups in total. The first kappa shape index (κ1) is 12.2. The second-order valence-electron chi connectivity index (χ2n) is 3.89. The average molecular weight is 227 g/mol. The molecule has 0 heterocycles. The van der Waals surface area contributed by atoms with Gasteiger partial charge in [0.05, 0.1) is 0 Å². The number of hydrogen-bond acceptors (Lipinski definition) is 3. The molecule has 0 radical (unpaired) electrons. The maximum Gasteiger partial charge on any atom is 0.460 e. The van der Waals surface area contributed by atoms with E-state index in [9.17, 15) is 28.4 Å². The van der Waals surface area contributed by atoms with E-state index >= 15 is 0 Å². The highest BCUT2D eigenvalue weighted by Gasteiger charge is 2.61. The Hall–Kier alpha value is -0.850. The van der Waals surface area contributed by atoms with Gasteiger partial charge in [-0.15, -0.1) is 0 Å². The number of rotatable bonds is 2. The zero-order chi connectivity index (χ0) is 11.7. The molecular formula is C8H12F3NO3. The Labute approximate surface area is 84.2 Å². The summed E-state index contributed by atoms with van der Waals surface area (Å²) in [6.07, 6.45) is -3.79. The summed E-state index contributed by atoms with van der Waals surface area (Å²) >= 11 is 0. The molecule has 1 aliphatic rings. The maximum atomic E-state index is 12.4. The summed E-state index contributed by atoms with van der Waals surface area (Å²) in [6, 6.07) is -2.86. The third kappa shape index (κ3) is 2.58. The number of nitrogens with zero attached hydrogens (tertiary/aromatic N) is 1. The SMILES string of the molecule is O=[N+]([O-])[C@H](C(F)(F)F)C1(O)CCCCC1. The molecule has 1 fully saturated rings. The molecule has 1 saturated carbocycles. The Morgan fingerprint density at radius 1 is 1.27 bits per heavy atom. The average Bonchev–Trinajstić information content (AvgIpc) is 2.00. The fourth-order valence-electron chi connectivity index (χ4n) is 2.06. The van der Waals surface area contributed by atoms with Gasteiger partial charge in [-0.2, -0.15) is 13.2 Å². The first-order chi connectivity index (χ1) is 6.77. The van der Waals surface area contributed by atoms with Crippen LogP contribution in [0.3, 0.4) is 0 Å². The van der Waals surface area contributed by atoms with E-state index < -0.39 is 22.7 Å². The van der Waals surface area contributed by atoms with Crippen molar-refractivity contribution >= 4 is 0 Å². The molecule has 0 spiro atoms. The summed E-state index contributed by atoms with van der Waals surface area (Å²) in [5.41, 5.74) is -2.22. The van der Waals surface area contributed by atoms with Crippen LogP contribution in [-0.2, 0) is 0 Å². The summed E-state index contributed by atoms with van der Waals surface area (Å²) in [5.74, 6) is 0. The zero-order valence-corrected chi connectivity index (χ0v) is 7.96. The molecule has 88 valence electrons. The molecule has 0 aliphatic heterocycles. The maximum absolute atomic E-state index is 12.4. The van der Waals surface area contributed by atoms with Crippen LogP contribution in [0.5, 0.6) is 0 Å². The normalized spacial score (nSPS) is 23.5. The van der Waals surface area contributed by atoms with Gasteiger partial charge in [0.25, 0.3) is 0 Å². The second kappa shape index (κ2) is 3.96. The van der Waals surface area contributed by atoms with Crippen molar-refractivity contribution in [2.75, 3.05) is 0 Å². The molecule has 4 nitrogen and oxygen atoms in total. The Morgan fingerprint density at radius 3 is 2.07 bits per heavy atom. The van der Waals surface area contributed by atoms with Crippen LogP contribution in [0.2, 0.25) is 0 Å². The predicted octanol–water partition coefficient (Wildman–Crippen LogP) is 1.89. The van der Waals surface area contributed by atoms with Gasteiger partial charge >= 0.3 is 12.2 Å². The van der Waals surface area contributed by atoms with Crippen LogP contribution in [-0.4, -0.2) is 27.8 Å². The van der Waals surface area contributed by atoms with Gasteiger partial charge < -0.3 is 5.11 Å². The van der Waals surface area contributed by atoms with E-state index in [4.69, 9.17) is 0 Å². The van der Waals surface area contributed by atoms with Crippen molar-refractivity contribution in [3.05, 3.63) is 10.1 Å². The van der Waals surface area contributed by atoms with Crippen LogP contribution >= 0.6 is 0 Å². The highest BCUT2D eigenvalue weighted by atomic mass is 19.4. The molecule has 15 heavy (non-hydrogen) atoms. The van der Waals surface area contributed by atoms with Crippen molar-refractivity contribution in [3.63, 3.8) is 0 Å². The molecular weight excluding hydrogens is 215 g/mol. The molecule has 0 amide bonds. The zero-order valence-electron chi connectivity index (χ0n) is 7.96. The van der Waals surface area contributed by atoms with Crippen molar-refractivity contribution in [1.29, 1.82) is 0 Å². The number of alkyl halides is 3. The third-order valence-electron chi connectivity index (χ3n) is 2.75. The minimum absolute atomic E-state index is 0.155. The first-order valence-corrected chi connectivity index (χ1v) is 4.70. The second-order valence-corrected chi connectivity index (χ2v) is 3.89. The molecule has 0 aromatic carbocycles. The van der Waals surface area contributed by atoms with Crippen LogP contribution in [0, 0.1) is 10.1 Å². The highest BCUT2D eigenvalue weighted by molar-refractivity contribution is 4.93. The largest absolute Gasteiger partial charge is 0.460 e. The van der Waals surface area contributed by atoms with Crippen molar-refractivity contribution < 1.29 is 23.2 Å². The Balaban J connectivity index is 2.92. The fourth-order valence-corrected chi connectivity index (χ4v) is 2.06. The predicted molar refractivity (Wildman–Crippen MR) is 44.9 cm³/mol. The molecule has 7 heteroatoms. The van der Waals surface area contributed by atoms with Crippen LogP contribution in [0.25, 0.3) is 0 Å². The van der Waals surface area contributed by atoms with E-state index in [1.54, 1.807) is 0 Å². The third-order valence-corrected chi connectivity index (χ3v) is 2.75. The fraction of sp³-hybridized carbons (Fsp3) is 1.00. The van der Waals surface area contributed by atoms with Gasteiger partial charge in [-0.25, -0.2) is 0 Å². The molecule has 0 bridgehead atoms. The topological polar surface area (TPSA) is 63.4 Å². The summed E-state index contributed by atoms with van der Waals surface area (Å²) < 4.78 is 37.2. The monoisotopic (exact) mass is 227 g/mol. The van der Waals surface area contributed by atoms with Crippen LogP contribution in [0.4, 0.5) is 13.2 Å². The Bertz CT molecular complexity index is 248. The van der Waals surface area contributed by atoms with Crippen molar-refractivity contribution in [2.24, 2.45) is 0 Å². The van der Waals surface area contributed by atoms with Gasteiger partial charge in [0, 0.05) is 4.92 Å². The van der Waals surface area contributed by atoms with Gasteiger partial charge in [0.2, 0.25) is 0 Å². The molecule has 0 saturated heterocycles. The van der Waals surface area contributed by atoms with Crippen LogP contribution in [0.15, 0.2) is 0 Å². The summed E-state index contributed by atoms with van der Waals surface area (Å²) in [6.45, 7) is 0. The van der Waals surface area contributed by atoms with E-state index in [2.05, 4.69) is 0 Å². The van der Waals surface area contributed by atoms with Crippen molar-refractivity contribution in [3.8, 4) is 0 Å². The molecule has 0 unspecified atom stereocenters. The first-order valence-electron chi connectivity index (χ1n) is 4.70. The van der Waals surface area contributed by atoms with E-state index in [1.165, 1.54) is 0 Å². The van der Waals surface area contributed by atoms with Crippen LogP contribution < -0.4 is 0 Å². The minimum atomic E-state index is -4.99. The number of halogens is 3. The Morgan fingerprint density at radius 2 is 1.73 bits per heavy atom. The van der Waals surface area contributed by atoms with Crippen molar-refractivity contribution in [2.45, 2.75) is 49.9 Å². The number of nitro groups is 1. The lowest BCUT2D eigenvalue weighted by molar-refractivity contribution is -0.586. The summed E-state index contributed by atoms with van der Waals surface area (Å²) in [4.78, 5) is 8.95. The van der Waals surface area contributed by atoms with Gasteiger partial charge in [0.1, 0.15) is 5.60 Å². The van der Waals surface area contributed by atoms with Gasteiger partial charge in [0.15, 0.2) is 0 Å². The quantitative estimate of drug-likeness (QED) is 0.578. The summed E-state index contributed by atoms with van der Waals surface area (Å²) in [5, 5.41) is 20.1. The van der Waals surface area contributed by atoms with E-state index in [-0.39, 0.29) is 12.8 Å². The minimum Gasteiger partial charge on any atom is -0.382 e. The van der Waals surface area contributed by atoms with Crippen LogP contribution in [0.1, 0.15) is 32.1 Å². The standard InChI is InChI=1S/C8H12F3NO3/c9-8(10,11)6(12(14)15)7(13)4-2-1-3-5-7/h6,13H,1-5H2/t6-/m0/s1. The van der Waals surface area contributed by atoms with Gasteiger partial charge in [-0.05, 0) is 12.8 Å². The number of hydrogen-bond donors (Lipinski definition) is 1. The van der Waals surface area contributed by atoms with Gasteiger partial charge in [-0.3, -0.25) is 10.1 Å². The lowest BCUT2D eigenvalue weighted by atomic mass is 9.79. The smallest absolute Gasteiger partial charge is 0.382 e.